The van der Waals surface area contributed by atoms with Crippen LogP contribution in [0, 0.1) is 5.92 Å². The fourth-order valence-electron chi connectivity index (χ4n) is 2.63. The van der Waals surface area contributed by atoms with Gasteiger partial charge < -0.3 is 15.2 Å². The number of carbonyl (C=O) groups excluding carboxylic acids is 1. The van der Waals surface area contributed by atoms with Crippen molar-refractivity contribution in [3.05, 3.63) is 0 Å². The van der Waals surface area contributed by atoms with E-state index in [0.29, 0.717) is 13.0 Å². The summed E-state index contributed by atoms with van der Waals surface area (Å²) in [5, 5.41) is 11.5. The maximum absolute atomic E-state index is 11.6. The van der Waals surface area contributed by atoms with Crippen LogP contribution in [0.2, 0.25) is 0 Å². The van der Waals surface area contributed by atoms with E-state index in [0.717, 1.165) is 12.8 Å². The van der Waals surface area contributed by atoms with Crippen LogP contribution in [0.15, 0.2) is 0 Å². The number of ether oxygens (including phenoxy) is 1. The molecular formula is C19H37NO4. The zero-order valence-electron chi connectivity index (χ0n) is 15.8. The van der Waals surface area contributed by atoms with Crippen LogP contribution in [-0.4, -0.2) is 29.8 Å². The van der Waals surface area contributed by atoms with Crippen LogP contribution in [0.3, 0.4) is 0 Å². The van der Waals surface area contributed by atoms with Gasteiger partial charge in [-0.3, -0.25) is 0 Å². The third kappa shape index (κ3) is 14.3. The fourth-order valence-corrected chi connectivity index (χ4v) is 2.63. The van der Waals surface area contributed by atoms with Gasteiger partial charge in [0.05, 0.1) is 6.61 Å². The van der Waals surface area contributed by atoms with Crippen LogP contribution in [0.5, 0.6) is 0 Å². The van der Waals surface area contributed by atoms with Crippen LogP contribution < -0.4 is 5.32 Å². The Hall–Kier alpha value is -1.26. The summed E-state index contributed by atoms with van der Waals surface area (Å²) in [6.45, 7) is 6.43. The molecule has 5 nitrogen and oxygen atoms in total. The van der Waals surface area contributed by atoms with E-state index in [2.05, 4.69) is 12.2 Å². The Balaban J connectivity index is 3.53. The molecule has 24 heavy (non-hydrogen) atoms. The number of hydrogen-bond acceptors (Lipinski definition) is 3. The molecule has 0 saturated heterocycles. The zero-order valence-corrected chi connectivity index (χ0v) is 15.8. The highest BCUT2D eigenvalue weighted by molar-refractivity contribution is 5.79. The molecule has 0 aromatic carbocycles. The molecule has 5 heteroatoms. The van der Waals surface area contributed by atoms with Crippen molar-refractivity contribution in [3.63, 3.8) is 0 Å². The molecule has 0 saturated carbocycles. The monoisotopic (exact) mass is 343 g/mol. The Bertz CT molecular complexity index is 331. The number of nitrogens with one attached hydrogen (secondary N) is 1. The highest BCUT2D eigenvalue weighted by atomic mass is 16.5. The normalized spacial score (nSPS) is 12.2. The number of hydrogen-bond donors (Lipinski definition) is 2. The van der Waals surface area contributed by atoms with Crippen LogP contribution in [-0.2, 0) is 9.53 Å². The SMILES string of the molecule is CCCCCCCCCCCCOC(=O)N[C@@H](CC(C)C)C(=O)O. The number of alkyl carbamates (subject to hydrolysis) is 1. The molecule has 0 aliphatic carbocycles. The largest absolute Gasteiger partial charge is 0.480 e. The molecule has 0 radical (unpaired) electrons. The molecule has 142 valence electrons. The van der Waals surface area contributed by atoms with Crippen molar-refractivity contribution in [2.24, 2.45) is 5.92 Å². The van der Waals surface area contributed by atoms with Crippen molar-refractivity contribution in [1.29, 1.82) is 0 Å². The highest BCUT2D eigenvalue weighted by Gasteiger charge is 2.21. The minimum absolute atomic E-state index is 0.202. The molecule has 0 rings (SSSR count). The van der Waals surface area contributed by atoms with Gasteiger partial charge in [0.15, 0.2) is 0 Å². The Morgan fingerprint density at radius 2 is 1.42 bits per heavy atom. The molecule has 1 atom stereocenters. The predicted molar refractivity (Wildman–Crippen MR) is 97.2 cm³/mol. The van der Waals surface area contributed by atoms with Gasteiger partial charge in [-0.15, -0.1) is 0 Å². The van der Waals surface area contributed by atoms with Gasteiger partial charge in [0, 0.05) is 0 Å². The van der Waals surface area contributed by atoms with E-state index in [4.69, 9.17) is 9.84 Å². The van der Waals surface area contributed by atoms with Gasteiger partial charge in [0.25, 0.3) is 0 Å². The first-order valence-electron chi connectivity index (χ1n) is 9.63. The molecule has 0 aliphatic rings. The Labute approximate surface area is 147 Å². The van der Waals surface area contributed by atoms with Gasteiger partial charge in [0.2, 0.25) is 0 Å². The molecule has 0 unspecified atom stereocenters. The molecule has 0 aromatic heterocycles. The second-order valence-corrected chi connectivity index (χ2v) is 6.98. The van der Waals surface area contributed by atoms with E-state index in [-0.39, 0.29) is 5.92 Å². The standard InChI is InChI=1S/C19H37NO4/c1-4-5-6-7-8-9-10-11-12-13-14-24-19(23)20-17(18(21)22)15-16(2)3/h16-17H,4-15H2,1-3H3,(H,20,23)(H,21,22)/t17-/m0/s1. The van der Waals surface area contributed by atoms with E-state index in [1.807, 2.05) is 13.8 Å². The van der Waals surface area contributed by atoms with Gasteiger partial charge in [-0.25, -0.2) is 9.59 Å². The van der Waals surface area contributed by atoms with Crippen molar-refractivity contribution in [2.45, 2.75) is 97.4 Å². The average Bonchev–Trinajstić information content (AvgIpc) is 2.51. The van der Waals surface area contributed by atoms with Crippen molar-refractivity contribution in [2.75, 3.05) is 6.61 Å². The maximum Gasteiger partial charge on any atom is 0.407 e. The summed E-state index contributed by atoms with van der Waals surface area (Å²) in [7, 11) is 0. The van der Waals surface area contributed by atoms with Crippen molar-refractivity contribution in [3.8, 4) is 0 Å². The van der Waals surface area contributed by atoms with Crippen LogP contribution in [0.1, 0.15) is 91.4 Å². The highest BCUT2D eigenvalue weighted by Crippen LogP contribution is 2.10. The summed E-state index contributed by atoms with van der Waals surface area (Å²) < 4.78 is 5.06. The predicted octanol–water partition coefficient (Wildman–Crippen LogP) is 5.13. The Kier molecular flexibility index (Phi) is 14.5. The number of unbranched alkanes of at least 4 members (excludes halogenated alkanes) is 9. The van der Waals surface area contributed by atoms with E-state index in [1.54, 1.807) is 0 Å². The third-order valence-electron chi connectivity index (χ3n) is 4.03. The lowest BCUT2D eigenvalue weighted by Gasteiger charge is -2.16. The van der Waals surface area contributed by atoms with E-state index in [1.165, 1.54) is 51.4 Å². The Morgan fingerprint density at radius 3 is 1.88 bits per heavy atom. The lowest BCUT2D eigenvalue weighted by Crippen LogP contribution is -2.42. The molecule has 0 heterocycles. The molecule has 0 aromatic rings. The zero-order chi connectivity index (χ0) is 18.2. The second kappa shape index (κ2) is 15.3. The summed E-state index contributed by atoms with van der Waals surface area (Å²) in [6, 6.07) is -0.870. The minimum Gasteiger partial charge on any atom is -0.480 e. The molecular weight excluding hydrogens is 306 g/mol. The number of rotatable bonds is 15. The second-order valence-electron chi connectivity index (χ2n) is 6.98. The van der Waals surface area contributed by atoms with Gasteiger partial charge in [0.1, 0.15) is 6.04 Å². The lowest BCUT2D eigenvalue weighted by molar-refractivity contribution is -0.139. The third-order valence-corrected chi connectivity index (χ3v) is 4.03. The number of carboxylic acid groups (broad SMARTS) is 1. The topological polar surface area (TPSA) is 75.6 Å². The summed E-state index contributed by atoms with van der Waals surface area (Å²) >= 11 is 0. The maximum atomic E-state index is 11.6. The van der Waals surface area contributed by atoms with Crippen molar-refractivity contribution in [1.82, 2.24) is 5.32 Å². The molecule has 0 aliphatic heterocycles. The summed E-state index contributed by atoms with van der Waals surface area (Å²) in [6.07, 6.45) is 12.0. The van der Waals surface area contributed by atoms with Gasteiger partial charge in [-0.05, 0) is 18.8 Å². The molecule has 1 amide bonds. The Morgan fingerprint density at radius 1 is 0.917 bits per heavy atom. The number of amides is 1. The first-order chi connectivity index (χ1) is 11.5. The van der Waals surface area contributed by atoms with E-state index >= 15 is 0 Å². The first-order valence-corrected chi connectivity index (χ1v) is 9.63. The molecule has 0 spiro atoms. The van der Waals surface area contributed by atoms with Crippen molar-refractivity contribution >= 4 is 12.1 Å². The number of carbonyl (C=O) groups is 2. The van der Waals surface area contributed by atoms with Crippen molar-refractivity contribution < 1.29 is 19.4 Å². The van der Waals surface area contributed by atoms with Crippen LogP contribution in [0.4, 0.5) is 4.79 Å². The van der Waals surface area contributed by atoms with Crippen LogP contribution >= 0.6 is 0 Å². The van der Waals surface area contributed by atoms with E-state index < -0.39 is 18.1 Å². The summed E-state index contributed by atoms with van der Waals surface area (Å²) in [5.74, 6) is -0.812. The fraction of sp³-hybridized carbons (Fsp3) is 0.895. The van der Waals surface area contributed by atoms with E-state index in [9.17, 15) is 9.59 Å². The van der Waals surface area contributed by atoms with Gasteiger partial charge in [-0.1, -0.05) is 78.6 Å². The number of carboxylic acids is 1. The quantitative estimate of drug-likeness (QED) is 0.404. The molecule has 2 N–H and O–H groups in total. The molecule has 0 fully saturated rings. The molecule has 0 bridgehead atoms. The van der Waals surface area contributed by atoms with Crippen LogP contribution in [0.25, 0.3) is 0 Å². The summed E-state index contributed by atoms with van der Waals surface area (Å²) in [4.78, 5) is 22.7. The average molecular weight is 344 g/mol. The minimum atomic E-state index is -1.01. The number of aliphatic carboxylic acids is 1. The first kappa shape index (κ1) is 22.7. The summed E-state index contributed by atoms with van der Waals surface area (Å²) in [5.41, 5.74) is 0. The lowest BCUT2D eigenvalue weighted by atomic mass is 10.0. The van der Waals surface area contributed by atoms with Gasteiger partial charge >= 0.3 is 12.1 Å². The van der Waals surface area contributed by atoms with Gasteiger partial charge in [-0.2, -0.15) is 0 Å². The smallest absolute Gasteiger partial charge is 0.407 e.